The van der Waals surface area contributed by atoms with Gasteiger partial charge < -0.3 is 19.3 Å². The Morgan fingerprint density at radius 1 is 1.35 bits per heavy atom. The molecule has 1 saturated heterocycles. The predicted molar refractivity (Wildman–Crippen MR) is 78.4 cm³/mol. The fourth-order valence-electron chi connectivity index (χ4n) is 2.97. The number of fused-ring (bicyclic) bond motifs is 1. The molecule has 0 bridgehead atoms. The number of ether oxygens (including phenoxy) is 3. The molecule has 4 atom stereocenters. The molecule has 3 rings (SSSR count). The highest BCUT2D eigenvalue weighted by Crippen LogP contribution is 2.43. The van der Waals surface area contributed by atoms with Crippen LogP contribution in [0.3, 0.4) is 0 Å². The molecule has 2 fully saturated rings. The van der Waals surface area contributed by atoms with E-state index >= 15 is 0 Å². The fraction of sp³-hybridized carbons (Fsp3) is 0.500. The monoisotopic (exact) mass is 321 g/mol. The lowest BCUT2D eigenvalue weighted by Gasteiger charge is -2.32. The number of esters is 1. The molecule has 1 N–H and O–H groups in total. The van der Waals surface area contributed by atoms with Gasteiger partial charge in [-0.1, -0.05) is 30.3 Å². The number of methoxy groups -OCH3 is 1. The Hall–Kier alpha value is -2.12. The molecule has 1 aromatic rings. The Kier molecular flexibility index (Phi) is 4.49. The maximum Gasteiger partial charge on any atom is 0.411 e. The number of aliphatic hydroxyl groups is 1. The first kappa shape index (κ1) is 15.8. The normalized spacial score (nSPS) is 28.7. The van der Waals surface area contributed by atoms with E-state index in [4.69, 9.17) is 14.2 Å². The molecule has 0 radical (unpaired) electrons. The van der Waals surface area contributed by atoms with Gasteiger partial charge in [0.05, 0.1) is 32.5 Å². The van der Waals surface area contributed by atoms with Gasteiger partial charge in [-0.3, -0.25) is 4.90 Å². The summed E-state index contributed by atoms with van der Waals surface area (Å²) in [6.45, 7) is 0.0581. The zero-order chi connectivity index (χ0) is 16.4. The number of carbonyl (C=O) groups excluding carboxylic acids is 2. The zero-order valence-electron chi connectivity index (χ0n) is 12.8. The summed E-state index contributed by atoms with van der Waals surface area (Å²) in [5, 5.41) is 9.35. The summed E-state index contributed by atoms with van der Waals surface area (Å²) >= 11 is 0. The van der Waals surface area contributed by atoms with Gasteiger partial charge in [-0.05, 0) is 5.56 Å². The Bertz CT molecular complexity index is 573. The van der Waals surface area contributed by atoms with Crippen molar-refractivity contribution in [1.29, 1.82) is 0 Å². The molecule has 1 aromatic carbocycles. The van der Waals surface area contributed by atoms with Crippen LogP contribution in [-0.4, -0.2) is 60.6 Å². The molecule has 1 saturated carbocycles. The maximum absolute atomic E-state index is 12.5. The predicted octanol–water partition coefficient (Wildman–Crippen LogP) is 0.556. The number of nitrogens with zero attached hydrogens (tertiary/aromatic N) is 1. The smallest absolute Gasteiger partial charge is 0.411 e. The van der Waals surface area contributed by atoms with Crippen molar-refractivity contribution in [1.82, 2.24) is 4.90 Å². The molecule has 7 nitrogen and oxygen atoms in total. The molecule has 1 heterocycles. The minimum Gasteiger partial charge on any atom is -0.467 e. The molecule has 1 aliphatic carbocycles. The van der Waals surface area contributed by atoms with Crippen LogP contribution in [0.25, 0.3) is 0 Å². The molecule has 1 aliphatic heterocycles. The lowest BCUT2D eigenvalue weighted by molar-refractivity contribution is -0.152. The second-order valence-electron chi connectivity index (χ2n) is 5.62. The first-order valence-electron chi connectivity index (χ1n) is 7.46. The van der Waals surface area contributed by atoms with Gasteiger partial charge in [0.1, 0.15) is 6.61 Å². The minimum absolute atomic E-state index is 0.0464. The van der Waals surface area contributed by atoms with Gasteiger partial charge in [0.2, 0.25) is 0 Å². The number of benzene rings is 1. The lowest BCUT2D eigenvalue weighted by atomic mass is 10.2. The van der Waals surface area contributed by atoms with Crippen molar-refractivity contribution in [2.75, 3.05) is 20.3 Å². The van der Waals surface area contributed by atoms with E-state index in [-0.39, 0.29) is 37.9 Å². The van der Waals surface area contributed by atoms with Crippen LogP contribution in [-0.2, 0) is 25.6 Å². The fourth-order valence-corrected chi connectivity index (χ4v) is 2.97. The Morgan fingerprint density at radius 3 is 2.74 bits per heavy atom. The van der Waals surface area contributed by atoms with E-state index in [2.05, 4.69) is 0 Å². The van der Waals surface area contributed by atoms with Gasteiger partial charge in [0.15, 0.2) is 6.04 Å². The molecule has 0 spiro atoms. The van der Waals surface area contributed by atoms with Crippen molar-refractivity contribution in [2.45, 2.75) is 24.8 Å². The first-order valence-corrected chi connectivity index (χ1v) is 7.46. The molecular weight excluding hydrogens is 302 g/mol. The first-order chi connectivity index (χ1) is 11.2. The average Bonchev–Trinajstić information content (AvgIpc) is 3.32. The van der Waals surface area contributed by atoms with Crippen molar-refractivity contribution in [2.24, 2.45) is 5.92 Å². The quantitative estimate of drug-likeness (QED) is 0.816. The lowest BCUT2D eigenvalue weighted by Crippen LogP contribution is -2.53. The average molecular weight is 321 g/mol. The van der Waals surface area contributed by atoms with E-state index in [1.807, 2.05) is 30.3 Å². The molecule has 7 heteroatoms. The third-order valence-electron chi connectivity index (χ3n) is 4.26. The number of hydrogen-bond acceptors (Lipinski definition) is 6. The van der Waals surface area contributed by atoms with Gasteiger partial charge >= 0.3 is 12.1 Å². The van der Waals surface area contributed by atoms with Crippen LogP contribution in [0.5, 0.6) is 0 Å². The summed E-state index contributed by atoms with van der Waals surface area (Å²) in [4.78, 5) is 25.7. The van der Waals surface area contributed by atoms with E-state index in [0.29, 0.717) is 0 Å². The highest BCUT2D eigenvalue weighted by atomic mass is 16.6. The largest absolute Gasteiger partial charge is 0.467 e. The van der Waals surface area contributed by atoms with E-state index in [1.165, 1.54) is 12.0 Å². The van der Waals surface area contributed by atoms with Crippen LogP contribution in [0.4, 0.5) is 4.79 Å². The summed E-state index contributed by atoms with van der Waals surface area (Å²) < 4.78 is 15.6. The summed E-state index contributed by atoms with van der Waals surface area (Å²) in [5.74, 6) is -0.738. The zero-order valence-corrected chi connectivity index (χ0v) is 12.8. The van der Waals surface area contributed by atoms with E-state index in [9.17, 15) is 14.7 Å². The third kappa shape index (κ3) is 3.02. The van der Waals surface area contributed by atoms with Crippen molar-refractivity contribution in [3.05, 3.63) is 35.9 Å². The van der Waals surface area contributed by atoms with Crippen LogP contribution in [0, 0.1) is 5.92 Å². The van der Waals surface area contributed by atoms with E-state index < -0.39 is 18.1 Å². The third-order valence-corrected chi connectivity index (χ3v) is 4.26. The summed E-state index contributed by atoms with van der Waals surface area (Å²) in [6, 6.07) is 8.09. The molecule has 2 aliphatic rings. The van der Waals surface area contributed by atoms with Crippen LogP contribution in [0.1, 0.15) is 5.56 Å². The Labute approximate surface area is 133 Å². The second kappa shape index (κ2) is 6.55. The van der Waals surface area contributed by atoms with Gasteiger partial charge in [-0.2, -0.15) is 0 Å². The van der Waals surface area contributed by atoms with Crippen LogP contribution < -0.4 is 0 Å². The van der Waals surface area contributed by atoms with E-state index in [0.717, 1.165) is 5.56 Å². The molecule has 124 valence electrons. The summed E-state index contributed by atoms with van der Waals surface area (Å²) in [5.41, 5.74) is 0.856. The van der Waals surface area contributed by atoms with Gasteiger partial charge in [0.25, 0.3) is 0 Å². The van der Waals surface area contributed by atoms with Crippen molar-refractivity contribution < 1.29 is 28.9 Å². The standard InChI is InChI=1S/C16H19NO6/c1-21-15(19)12-9-22-14-11(7-18)13(14)17(12)16(20)23-8-10-5-3-2-4-6-10/h2-6,11-14,18H,7-9H2,1H3/t11-,12-,13-,14+/m0/s1. The van der Waals surface area contributed by atoms with Crippen LogP contribution >= 0.6 is 0 Å². The number of aliphatic hydroxyl groups excluding tert-OH is 1. The van der Waals surface area contributed by atoms with Crippen molar-refractivity contribution >= 4 is 12.1 Å². The van der Waals surface area contributed by atoms with Gasteiger partial charge in [-0.15, -0.1) is 0 Å². The minimum atomic E-state index is -0.846. The second-order valence-corrected chi connectivity index (χ2v) is 5.62. The SMILES string of the molecule is COC(=O)[C@@H]1CO[C@@H]2[C@@H](CO)[C@@H]2N1C(=O)OCc1ccccc1. The van der Waals surface area contributed by atoms with E-state index in [1.54, 1.807) is 0 Å². The number of hydrogen-bond donors (Lipinski definition) is 1. The molecule has 0 unspecified atom stereocenters. The maximum atomic E-state index is 12.5. The topological polar surface area (TPSA) is 85.3 Å². The summed E-state index contributed by atoms with van der Waals surface area (Å²) in [6.07, 6.45) is -0.844. The summed E-state index contributed by atoms with van der Waals surface area (Å²) in [7, 11) is 1.26. The molecule has 23 heavy (non-hydrogen) atoms. The molecule has 0 aromatic heterocycles. The van der Waals surface area contributed by atoms with Crippen molar-refractivity contribution in [3.8, 4) is 0 Å². The number of amides is 1. The van der Waals surface area contributed by atoms with Gasteiger partial charge in [0, 0.05) is 5.92 Å². The van der Waals surface area contributed by atoms with Crippen molar-refractivity contribution in [3.63, 3.8) is 0 Å². The number of carbonyl (C=O) groups is 2. The number of rotatable bonds is 4. The van der Waals surface area contributed by atoms with Gasteiger partial charge in [-0.25, -0.2) is 9.59 Å². The Morgan fingerprint density at radius 2 is 2.09 bits per heavy atom. The Balaban J connectivity index is 1.70. The van der Waals surface area contributed by atoms with Crippen LogP contribution in [0.15, 0.2) is 30.3 Å². The highest BCUT2D eigenvalue weighted by molar-refractivity contribution is 5.82. The molecule has 1 amide bonds. The molecular formula is C16H19NO6. The number of morpholine rings is 1. The highest BCUT2D eigenvalue weighted by Gasteiger charge is 2.62. The van der Waals surface area contributed by atoms with Crippen LogP contribution in [0.2, 0.25) is 0 Å².